The Bertz CT molecular complexity index is 1330. The van der Waals surface area contributed by atoms with E-state index >= 15 is 0 Å². The summed E-state index contributed by atoms with van der Waals surface area (Å²) in [5.41, 5.74) is 2.36. The van der Waals surface area contributed by atoms with Crippen LogP contribution in [0.1, 0.15) is 42.2 Å². The maximum atomic E-state index is 13.3. The minimum absolute atomic E-state index is 0.0190. The highest BCUT2D eigenvalue weighted by atomic mass is 19.4. The minimum atomic E-state index is -4.21. The summed E-state index contributed by atoms with van der Waals surface area (Å²) >= 11 is 0. The number of nitrogens with one attached hydrogen (secondary N) is 1. The van der Waals surface area contributed by atoms with E-state index in [4.69, 9.17) is 0 Å². The normalized spacial score (nSPS) is 20.8. The zero-order chi connectivity index (χ0) is 23.5. The molecule has 174 valence electrons. The van der Waals surface area contributed by atoms with Crippen LogP contribution < -0.4 is 5.56 Å². The van der Waals surface area contributed by atoms with Crippen LogP contribution in [-0.4, -0.2) is 54.5 Å². The fourth-order valence-electron chi connectivity index (χ4n) is 5.13. The first-order valence-corrected chi connectivity index (χ1v) is 10.9. The SMILES string of the molecule is CCC1CN(C(=O)c2cnn(-c3nn4cccc4c(=O)[nH]3)c2C)CC2CC(CC(F)(F)F)=C12. The lowest BCUT2D eigenvalue weighted by molar-refractivity contribution is -0.129. The van der Waals surface area contributed by atoms with Gasteiger partial charge in [0, 0.05) is 25.2 Å². The number of nitrogens with zero attached hydrogens (tertiary/aromatic N) is 5. The van der Waals surface area contributed by atoms with Crippen LogP contribution in [0.15, 0.2) is 40.5 Å². The third-order valence-corrected chi connectivity index (χ3v) is 6.69. The number of hydrogen-bond acceptors (Lipinski definition) is 4. The smallest absolute Gasteiger partial charge is 0.337 e. The molecule has 1 saturated heterocycles. The van der Waals surface area contributed by atoms with E-state index in [9.17, 15) is 22.8 Å². The second kappa shape index (κ2) is 7.60. The Morgan fingerprint density at radius 1 is 1.30 bits per heavy atom. The van der Waals surface area contributed by atoms with Crippen LogP contribution in [0, 0.1) is 18.8 Å². The van der Waals surface area contributed by atoms with Gasteiger partial charge in [0.1, 0.15) is 5.52 Å². The molecule has 1 amide bonds. The van der Waals surface area contributed by atoms with E-state index in [-0.39, 0.29) is 29.3 Å². The quantitative estimate of drug-likeness (QED) is 0.606. The summed E-state index contributed by atoms with van der Waals surface area (Å²) in [6.45, 7) is 4.45. The van der Waals surface area contributed by atoms with Gasteiger partial charge in [-0.25, -0.2) is 9.20 Å². The summed E-state index contributed by atoms with van der Waals surface area (Å²) in [7, 11) is 0. The molecule has 4 heterocycles. The predicted molar refractivity (Wildman–Crippen MR) is 113 cm³/mol. The topological polar surface area (TPSA) is 88.3 Å². The van der Waals surface area contributed by atoms with Crippen molar-refractivity contribution in [1.82, 2.24) is 29.3 Å². The summed E-state index contributed by atoms with van der Waals surface area (Å²) in [5.74, 6) is -0.117. The summed E-state index contributed by atoms with van der Waals surface area (Å²) in [6, 6.07) is 3.35. The minimum Gasteiger partial charge on any atom is -0.337 e. The van der Waals surface area contributed by atoms with E-state index in [2.05, 4.69) is 15.2 Å². The van der Waals surface area contributed by atoms with Crippen molar-refractivity contribution in [2.45, 2.75) is 39.3 Å². The number of carbonyl (C=O) groups excluding carboxylic acids is 1. The summed E-state index contributed by atoms with van der Waals surface area (Å²) < 4.78 is 41.5. The average Bonchev–Trinajstić information content (AvgIpc) is 3.36. The second-order valence-corrected chi connectivity index (χ2v) is 8.74. The highest BCUT2D eigenvalue weighted by Crippen LogP contribution is 2.48. The van der Waals surface area contributed by atoms with Gasteiger partial charge < -0.3 is 4.90 Å². The van der Waals surface area contributed by atoms with E-state index < -0.39 is 12.6 Å². The molecule has 0 spiro atoms. The first kappa shape index (κ1) is 21.5. The van der Waals surface area contributed by atoms with Gasteiger partial charge in [-0.2, -0.15) is 18.3 Å². The van der Waals surface area contributed by atoms with Crippen LogP contribution in [0.3, 0.4) is 0 Å². The number of H-pyrrole nitrogens is 1. The van der Waals surface area contributed by atoms with E-state index in [1.165, 1.54) is 15.4 Å². The number of likely N-dealkylation sites (tertiary alicyclic amines) is 1. The van der Waals surface area contributed by atoms with E-state index in [1.54, 1.807) is 30.2 Å². The standard InChI is InChI=1S/C22H23F3N6O2/c1-3-13-10-29(11-15-7-14(18(13)15)8-22(23,24)25)20(33)16-9-26-31(12(16)2)21-27-19(32)17-5-4-6-30(17)28-21/h4-6,9,13,15H,3,7-8,10-11H2,1-2H3,(H,27,28,32). The molecule has 3 aromatic rings. The van der Waals surface area contributed by atoms with Gasteiger partial charge in [0.25, 0.3) is 11.5 Å². The fraction of sp³-hybridized carbons (Fsp3) is 0.455. The van der Waals surface area contributed by atoms with Crippen LogP contribution in [0.4, 0.5) is 13.2 Å². The Hall–Kier alpha value is -3.37. The van der Waals surface area contributed by atoms with Crippen LogP contribution >= 0.6 is 0 Å². The zero-order valence-electron chi connectivity index (χ0n) is 18.2. The van der Waals surface area contributed by atoms with Crippen LogP contribution in [0.5, 0.6) is 0 Å². The van der Waals surface area contributed by atoms with Gasteiger partial charge in [-0.05, 0) is 37.8 Å². The van der Waals surface area contributed by atoms with Crippen molar-refractivity contribution in [3.05, 3.63) is 57.3 Å². The molecule has 0 radical (unpaired) electrons. The monoisotopic (exact) mass is 460 g/mol. The molecule has 8 nitrogen and oxygen atoms in total. The molecule has 1 fully saturated rings. The van der Waals surface area contributed by atoms with Crippen molar-refractivity contribution in [1.29, 1.82) is 0 Å². The summed E-state index contributed by atoms with van der Waals surface area (Å²) in [4.78, 5) is 30.0. The van der Waals surface area contributed by atoms with Crippen molar-refractivity contribution in [3.63, 3.8) is 0 Å². The number of piperidine rings is 1. The molecule has 2 atom stereocenters. The molecule has 11 heteroatoms. The van der Waals surface area contributed by atoms with Crippen molar-refractivity contribution in [2.24, 2.45) is 11.8 Å². The Labute approximate surface area is 186 Å². The van der Waals surface area contributed by atoms with Gasteiger partial charge >= 0.3 is 6.18 Å². The Balaban J connectivity index is 1.40. The first-order valence-electron chi connectivity index (χ1n) is 10.9. The zero-order valence-corrected chi connectivity index (χ0v) is 18.2. The van der Waals surface area contributed by atoms with Gasteiger partial charge in [0.15, 0.2) is 0 Å². The molecule has 2 aliphatic rings. The van der Waals surface area contributed by atoms with Crippen LogP contribution in [0.25, 0.3) is 11.5 Å². The van der Waals surface area contributed by atoms with E-state index in [0.29, 0.717) is 48.3 Å². The highest BCUT2D eigenvalue weighted by molar-refractivity contribution is 5.95. The van der Waals surface area contributed by atoms with Crippen molar-refractivity contribution < 1.29 is 18.0 Å². The summed E-state index contributed by atoms with van der Waals surface area (Å²) in [6.07, 6.45) is -0.907. The van der Waals surface area contributed by atoms with Gasteiger partial charge in [-0.1, -0.05) is 18.1 Å². The molecule has 33 heavy (non-hydrogen) atoms. The molecule has 0 saturated carbocycles. The molecule has 0 bridgehead atoms. The van der Waals surface area contributed by atoms with E-state index in [1.807, 2.05) is 6.92 Å². The number of halogens is 3. The van der Waals surface area contributed by atoms with Crippen molar-refractivity contribution in [2.75, 3.05) is 13.1 Å². The summed E-state index contributed by atoms with van der Waals surface area (Å²) in [5, 5.41) is 8.61. The number of carbonyl (C=O) groups is 1. The molecule has 1 aliphatic carbocycles. The molecular formula is C22H23F3N6O2. The molecular weight excluding hydrogens is 437 g/mol. The lowest BCUT2D eigenvalue weighted by atomic mass is 9.67. The van der Waals surface area contributed by atoms with Crippen LogP contribution in [-0.2, 0) is 0 Å². The second-order valence-electron chi connectivity index (χ2n) is 8.74. The molecule has 3 aromatic heterocycles. The van der Waals surface area contributed by atoms with E-state index in [0.717, 1.165) is 5.57 Å². The largest absolute Gasteiger partial charge is 0.392 e. The highest BCUT2D eigenvalue weighted by Gasteiger charge is 2.44. The van der Waals surface area contributed by atoms with Gasteiger partial charge in [-0.15, -0.1) is 5.10 Å². The Morgan fingerprint density at radius 3 is 2.82 bits per heavy atom. The number of aromatic nitrogens is 5. The number of alkyl halides is 3. The third-order valence-electron chi connectivity index (χ3n) is 6.69. The Kier molecular flexibility index (Phi) is 4.95. The number of rotatable bonds is 4. The lowest BCUT2D eigenvalue weighted by Gasteiger charge is -2.47. The third kappa shape index (κ3) is 3.65. The maximum absolute atomic E-state index is 13.3. The molecule has 1 N–H and O–H groups in total. The number of hydrogen-bond donors (Lipinski definition) is 1. The number of amides is 1. The molecule has 0 aromatic carbocycles. The molecule has 5 rings (SSSR count). The number of allylic oxidation sites excluding steroid dienone is 1. The number of fused-ring (bicyclic) bond motifs is 2. The van der Waals surface area contributed by atoms with Crippen molar-refractivity contribution >= 4 is 11.4 Å². The lowest BCUT2D eigenvalue weighted by Crippen LogP contribution is -2.49. The fourth-order valence-corrected chi connectivity index (χ4v) is 5.13. The predicted octanol–water partition coefficient (Wildman–Crippen LogP) is 3.27. The van der Waals surface area contributed by atoms with Gasteiger partial charge in [0.2, 0.25) is 5.95 Å². The maximum Gasteiger partial charge on any atom is 0.392 e. The van der Waals surface area contributed by atoms with Gasteiger partial charge in [0.05, 0.1) is 23.9 Å². The van der Waals surface area contributed by atoms with Gasteiger partial charge in [-0.3, -0.25) is 14.6 Å². The molecule has 1 aliphatic heterocycles. The average molecular weight is 460 g/mol. The number of aromatic amines is 1. The van der Waals surface area contributed by atoms with Crippen LogP contribution in [0.2, 0.25) is 0 Å². The van der Waals surface area contributed by atoms with Crippen molar-refractivity contribution in [3.8, 4) is 5.95 Å². The molecule has 2 unspecified atom stereocenters. The Morgan fingerprint density at radius 2 is 2.09 bits per heavy atom. The first-order chi connectivity index (χ1) is 15.7.